The second-order valence-corrected chi connectivity index (χ2v) is 4.21. The molecular formula is C10H14BrNO2. The number of nitrogens with two attached hydrogens (primary N) is 1. The molecule has 4 N–H and O–H groups in total. The second-order valence-electron chi connectivity index (χ2n) is 3.35. The minimum atomic E-state index is -0.536. The van der Waals surface area contributed by atoms with E-state index < -0.39 is 6.04 Å². The van der Waals surface area contributed by atoms with Crippen molar-refractivity contribution in [2.75, 3.05) is 6.61 Å². The lowest BCUT2D eigenvalue weighted by molar-refractivity contribution is 0.264. The van der Waals surface area contributed by atoms with Crippen molar-refractivity contribution >= 4 is 15.9 Å². The van der Waals surface area contributed by atoms with Crippen LogP contribution in [0.1, 0.15) is 22.7 Å². The number of aliphatic hydroxyl groups is 1. The maximum absolute atomic E-state index is 9.79. The van der Waals surface area contributed by atoms with Crippen LogP contribution in [0.5, 0.6) is 5.75 Å². The normalized spacial score (nSPS) is 12.9. The van der Waals surface area contributed by atoms with Gasteiger partial charge in [0.25, 0.3) is 0 Å². The van der Waals surface area contributed by atoms with Crippen molar-refractivity contribution in [3.63, 3.8) is 0 Å². The Bertz CT molecular complexity index is 326. The lowest BCUT2D eigenvalue weighted by Gasteiger charge is -2.17. The van der Waals surface area contributed by atoms with Gasteiger partial charge in [-0.25, -0.2) is 0 Å². The van der Waals surface area contributed by atoms with Crippen LogP contribution in [0.2, 0.25) is 0 Å². The van der Waals surface area contributed by atoms with Crippen molar-refractivity contribution in [1.82, 2.24) is 0 Å². The van der Waals surface area contributed by atoms with Crippen molar-refractivity contribution < 1.29 is 10.2 Å². The number of aromatic hydroxyl groups is 1. The molecule has 1 atom stereocenters. The quantitative estimate of drug-likeness (QED) is 0.759. The minimum Gasteiger partial charge on any atom is -0.507 e. The standard InChI is InChI=1S/C10H14BrNO2/c1-5-3-7(11)6(2)9(10(5)14)8(12)4-13/h3,8,13-14H,4,12H2,1-2H3/t8-/m0/s1. The minimum absolute atomic E-state index is 0.173. The van der Waals surface area contributed by atoms with Crippen molar-refractivity contribution in [2.24, 2.45) is 5.73 Å². The van der Waals surface area contributed by atoms with Crippen LogP contribution in [0.3, 0.4) is 0 Å². The summed E-state index contributed by atoms with van der Waals surface area (Å²) in [5.41, 5.74) is 7.93. The van der Waals surface area contributed by atoms with Crippen LogP contribution in [-0.4, -0.2) is 16.8 Å². The molecule has 0 spiro atoms. The van der Waals surface area contributed by atoms with E-state index in [1.165, 1.54) is 0 Å². The van der Waals surface area contributed by atoms with Gasteiger partial charge in [0.15, 0.2) is 0 Å². The van der Waals surface area contributed by atoms with Gasteiger partial charge in [-0.05, 0) is 31.0 Å². The fourth-order valence-corrected chi connectivity index (χ4v) is 1.99. The zero-order valence-electron chi connectivity index (χ0n) is 8.21. The van der Waals surface area contributed by atoms with Gasteiger partial charge in [0.2, 0.25) is 0 Å². The Hall–Kier alpha value is -0.580. The summed E-state index contributed by atoms with van der Waals surface area (Å²) >= 11 is 3.38. The van der Waals surface area contributed by atoms with Crippen molar-refractivity contribution in [2.45, 2.75) is 19.9 Å². The number of aryl methyl sites for hydroxylation is 1. The van der Waals surface area contributed by atoms with E-state index in [2.05, 4.69) is 15.9 Å². The number of aliphatic hydroxyl groups excluding tert-OH is 1. The topological polar surface area (TPSA) is 66.5 Å². The van der Waals surface area contributed by atoms with Gasteiger partial charge in [-0.2, -0.15) is 0 Å². The molecule has 0 aliphatic rings. The predicted octanol–water partition coefficient (Wildman–Crippen LogP) is 1.76. The van der Waals surface area contributed by atoms with E-state index >= 15 is 0 Å². The average molecular weight is 260 g/mol. The van der Waals surface area contributed by atoms with Crippen LogP contribution >= 0.6 is 15.9 Å². The van der Waals surface area contributed by atoms with Crippen LogP contribution in [0.15, 0.2) is 10.5 Å². The smallest absolute Gasteiger partial charge is 0.123 e. The number of rotatable bonds is 2. The maximum atomic E-state index is 9.79. The Kier molecular flexibility index (Phi) is 3.53. The van der Waals surface area contributed by atoms with E-state index in [1.54, 1.807) is 6.92 Å². The summed E-state index contributed by atoms with van der Waals surface area (Å²) in [6.45, 7) is 3.48. The summed E-state index contributed by atoms with van der Waals surface area (Å²) in [6, 6.07) is 1.30. The van der Waals surface area contributed by atoms with E-state index in [0.717, 1.165) is 15.6 Å². The molecule has 0 saturated heterocycles. The predicted molar refractivity (Wildman–Crippen MR) is 59.3 cm³/mol. The molecule has 0 unspecified atom stereocenters. The first-order chi connectivity index (χ1) is 6.49. The van der Waals surface area contributed by atoms with Gasteiger partial charge in [-0.1, -0.05) is 15.9 Å². The molecule has 0 bridgehead atoms. The highest BCUT2D eigenvalue weighted by atomic mass is 79.9. The molecule has 1 aromatic carbocycles. The summed E-state index contributed by atoms with van der Waals surface area (Å²) in [5, 5.41) is 18.8. The zero-order chi connectivity index (χ0) is 10.9. The first kappa shape index (κ1) is 11.5. The van der Waals surface area contributed by atoms with Crippen molar-refractivity contribution in [3.05, 3.63) is 27.2 Å². The highest BCUT2D eigenvalue weighted by molar-refractivity contribution is 9.10. The molecule has 0 saturated carbocycles. The van der Waals surface area contributed by atoms with E-state index in [0.29, 0.717) is 5.56 Å². The van der Waals surface area contributed by atoms with Crippen LogP contribution in [0.25, 0.3) is 0 Å². The third-order valence-corrected chi connectivity index (χ3v) is 3.13. The number of phenolic OH excluding ortho intramolecular Hbond substituents is 1. The molecule has 78 valence electrons. The van der Waals surface area contributed by atoms with Gasteiger partial charge in [0.05, 0.1) is 12.6 Å². The van der Waals surface area contributed by atoms with Crippen molar-refractivity contribution in [1.29, 1.82) is 0 Å². The van der Waals surface area contributed by atoms with Crippen LogP contribution in [-0.2, 0) is 0 Å². The van der Waals surface area contributed by atoms with Gasteiger partial charge in [0, 0.05) is 10.0 Å². The zero-order valence-corrected chi connectivity index (χ0v) is 9.80. The molecule has 0 amide bonds. The maximum Gasteiger partial charge on any atom is 0.123 e. The first-order valence-corrected chi connectivity index (χ1v) is 5.13. The fraction of sp³-hybridized carbons (Fsp3) is 0.400. The monoisotopic (exact) mass is 259 g/mol. The molecule has 1 aromatic rings. The molecule has 0 aliphatic heterocycles. The summed E-state index contributed by atoms with van der Waals surface area (Å²) in [7, 11) is 0. The Labute approximate surface area is 91.7 Å². The lowest BCUT2D eigenvalue weighted by atomic mass is 9.98. The Morgan fingerprint density at radius 2 is 2.07 bits per heavy atom. The van der Waals surface area contributed by atoms with Crippen LogP contribution in [0.4, 0.5) is 0 Å². The van der Waals surface area contributed by atoms with Crippen LogP contribution in [0, 0.1) is 13.8 Å². The SMILES string of the molecule is Cc1cc(Br)c(C)c([C@@H](N)CO)c1O. The molecule has 0 aliphatic carbocycles. The van der Waals surface area contributed by atoms with Gasteiger partial charge in [-0.3, -0.25) is 0 Å². The largest absolute Gasteiger partial charge is 0.507 e. The van der Waals surface area contributed by atoms with E-state index in [1.807, 2.05) is 13.0 Å². The van der Waals surface area contributed by atoms with E-state index in [-0.39, 0.29) is 12.4 Å². The summed E-state index contributed by atoms with van der Waals surface area (Å²) < 4.78 is 0.895. The molecule has 0 radical (unpaired) electrons. The van der Waals surface area contributed by atoms with Gasteiger partial charge >= 0.3 is 0 Å². The summed E-state index contributed by atoms with van der Waals surface area (Å²) in [6.07, 6.45) is 0. The lowest BCUT2D eigenvalue weighted by Crippen LogP contribution is -2.16. The Morgan fingerprint density at radius 3 is 2.57 bits per heavy atom. The molecular weight excluding hydrogens is 246 g/mol. The molecule has 3 nitrogen and oxygen atoms in total. The fourth-order valence-electron chi connectivity index (χ4n) is 1.43. The number of hydrogen-bond donors (Lipinski definition) is 3. The van der Waals surface area contributed by atoms with Gasteiger partial charge in [0.1, 0.15) is 5.75 Å². The van der Waals surface area contributed by atoms with Gasteiger partial charge in [-0.15, -0.1) is 0 Å². The molecule has 1 rings (SSSR count). The highest BCUT2D eigenvalue weighted by Gasteiger charge is 2.16. The number of phenols is 1. The number of hydrogen-bond acceptors (Lipinski definition) is 3. The van der Waals surface area contributed by atoms with E-state index in [9.17, 15) is 5.11 Å². The Balaban J connectivity index is 3.39. The highest BCUT2D eigenvalue weighted by Crippen LogP contribution is 2.34. The van der Waals surface area contributed by atoms with Gasteiger partial charge < -0.3 is 15.9 Å². The molecule has 0 aromatic heterocycles. The second kappa shape index (κ2) is 4.29. The third kappa shape index (κ3) is 1.92. The number of benzene rings is 1. The molecule has 0 fully saturated rings. The Morgan fingerprint density at radius 1 is 1.50 bits per heavy atom. The molecule has 0 heterocycles. The van der Waals surface area contributed by atoms with Crippen molar-refractivity contribution in [3.8, 4) is 5.75 Å². The number of halogens is 1. The summed E-state index contributed by atoms with van der Waals surface area (Å²) in [5.74, 6) is 0.173. The third-order valence-electron chi connectivity index (χ3n) is 2.30. The van der Waals surface area contributed by atoms with Crippen LogP contribution < -0.4 is 5.73 Å². The van der Waals surface area contributed by atoms with E-state index in [4.69, 9.17) is 10.8 Å². The average Bonchev–Trinajstić information content (AvgIpc) is 2.15. The molecule has 4 heteroatoms. The molecule has 14 heavy (non-hydrogen) atoms. The first-order valence-electron chi connectivity index (χ1n) is 4.34. The summed E-state index contributed by atoms with van der Waals surface area (Å²) in [4.78, 5) is 0.